The molecule has 0 aliphatic rings. The molecule has 4 heteroatoms. The number of para-hydroxylation sites is 1. The van der Waals surface area contributed by atoms with E-state index in [0.717, 1.165) is 12.1 Å². The standard InChI is InChI=1S/C19H23NO3/c1-3-14(2)15-8-10-17(11-9-15)20-19(22)13-23-18-7-5-4-6-16(18)12-21/h4-11,14,21H,3,12-13H2,1-2H3,(H,20,22). The molecule has 0 radical (unpaired) electrons. The largest absolute Gasteiger partial charge is 0.483 e. The highest BCUT2D eigenvalue weighted by Gasteiger charge is 2.07. The lowest BCUT2D eigenvalue weighted by Gasteiger charge is -2.12. The van der Waals surface area contributed by atoms with Gasteiger partial charge in [-0.05, 0) is 36.1 Å². The monoisotopic (exact) mass is 313 g/mol. The van der Waals surface area contributed by atoms with Gasteiger partial charge in [-0.3, -0.25) is 4.79 Å². The molecule has 2 rings (SSSR count). The second-order valence-electron chi connectivity index (χ2n) is 5.53. The number of hydrogen-bond donors (Lipinski definition) is 2. The molecule has 0 aliphatic carbocycles. The predicted molar refractivity (Wildman–Crippen MR) is 91.6 cm³/mol. The van der Waals surface area contributed by atoms with Crippen LogP contribution in [0.25, 0.3) is 0 Å². The van der Waals surface area contributed by atoms with E-state index >= 15 is 0 Å². The Kier molecular flexibility index (Phi) is 6.18. The summed E-state index contributed by atoms with van der Waals surface area (Å²) in [6, 6.07) is 15.0. The molecular formula is C19H23NO3. The summed E-state index contributed by atoms with van der Waals surface area (Å²) in [6.07, 6.45) is 1.09. The maximum Gasteiger partial charge on any atom is 0.262 e. The van der Waals surface area contributed by atoms with Crippen LogP contribution >= 0.6 is 0 Å². The Morgan fingerprint density at radius 3 is 2.52 bits per heavy atom. The Labute approximate surface area is 137 Å². The lowest BCUT2D eigenvalue weighted by molar-refractivity contribution is -0.118. The van der Waals surface area contributed by atoms with Crippen molar-refractivity contribution in [3.8, 4) is 5.75 Å². The molecule has 0 aliphatic heterocycles. The molecule has 2 aromatic carbocycles. The van der Waals surface area contributed by atoms with E-state index in [0.29, 0.717) is 17.2 Å². The Balaban J connectivity index is 1.89. The first-order valence-electron chi connectivity index (χ1n) is 7.85. The highest BCUT2D eigenvalue weighted by molar-refractivity contribution is 5.91. The van der Waals surface area contributed by atoms with E-state index in [4.69, 9.17) is 4.74 Å². The SMILES string of the molecule is CCC(C)c1ccc(NC(=O)COc2ccccc2CO)cc1. The zero-order chi connectivity index (χ0) is 16.7. The molecule has 1 amide bonds. The van der Waals surface area contributed by atoms with E-state index in [2.05, 4.69) is 19.2 Å². The van der Waals surface area contributed by atoms with E-state index in [1.807, 2.05) is 30.3 Å². The number of carbonyl (C=O) groups excluding carboxylic acids is 1. The number of benzene rings is 2. The highest BCUT2D eigenvalue weighted by atomic mass is 16.5. The fourth-order valence-electron chi connectivity index (χ4n) is 2.25. The summed E-state index contributed by atoms with van der Waals surface area (Å²) in [6.45, 7) is 4.13. The van der Waals surface area contributed by atoms with Crippen LogP contribution in [0.2, 0.25) is 0 Å². The van der Waals surface area contributed by atoms with Crippen LogP contribution in [0.5, 0.6) is 5.75 Å². The van der Waals surface area contributed by atoms with Crippen LogP contribution in [-0.2, 0) is 11.4 Å². The van der Waals surface area contributed by atoms with Gasteiger partial charge in [0, 0.05) is 11.3 Å². The number of amides is 1. The number of aliphatic hydroxyl groups is 1. The van der Waals surface area contributed by atoms with Crippen LogP contribution in [0, 0.1) is 0 Å². The van der Waals surface area contributed by atoms with Crippen LogP contribution < -0.4 is 10.1 Å². The van der Waals surface area contributed by atoms with Gasteiger partial charge in [0.1, 0.15) is 5.75 Å². The number of hydrogen-bond acceptors (Lipinski definition) is 3. The van der Waals surface area contributed by atoms with Crippen molar-refractivity contribution in [1.82, 2.24) is 0 Å². The third-order valence-electron chi connectivity index (χ3n) is 3.88. The Morgan fingerprint density at radius 2 is 1.87 bits per heavy atom. The summed E-state index contributed by atoms with van der Waals surface area (Å²) in [5.74, 6) is 0.810. The van der Waals surface area contributed by atoms with Gasteiger partial charge in [0.15, 0.2) is 6.61 Å². The fraction of sp³-hybridized carbons (Fsp3) is 0.316. The molecule has 0 heterocycles. The minimum atomic E-state index is -0.228. The van der Waals surface area contributed by atoms with Crippen LogP contribution in [0.1, 0.15) is 37.3 Å². The zero-order valence-corrected chi connectivity index (χ0v) is 13.6. The van der Waals surface area contributed by atoms with Crippen molar-refractivity contribution in [2.24, 2.45) is 0 Å². The van der Waals surface area contributed by atoms with Gasteiger partial charge in [-0.2, -0.15) is 0 Å². The number of ether oxygens (including phenoxy) is 1. The van der Waals surface area contributed by atoms with Crippen LogP contribution in [0.15, 0.2) is 48.5 Å². The van der Waals surface area contributed by atoms with E-state index < -0.39 is 0 Å². The van der Waals surface area contributed by atoms with E-state index in [9.17, 15) is 9.90 Å². The summed E-state index contributed by atoms with van der Waals surface area (Å²) in [7, 11) is 0. The van der Waals surface area contributed by atoms with Gasteiger partial charge in [-0.15, -0.1) is 0 Å². The first-order chi connectivity index (χ1) is 11.1. The molecular weight excluding hydrogens is 290 g/mol. The van der Waals surface area contributed by atoms with Crippen molar-refractivity contribution >= 4 is 11.6 Å². The van der Waals surface area contributed by atoms with Gasteiger partial charge in [0.2, 0.25) is 0 Å². The molecule has 0 bridgehead atoms. The minimum absolute atomic E-state index is 0.0931. The first kappa shape index (κ1) is 17.0. The van der Waals surface area contributed by atoms with Crippen molar-refractivity contribution in [2.75, 3.05) is 11.9 Å². The maximum atomic E-state index is 12.0. The Hall–Kier alpha value is -2.33. The summed E-state index contributed by atoms with van der Waals surface area (Å²) in [5.41, 5.74) is 2.68. The van der Waals surface area contributed by atoms with Gasteiger partial charge >= 0.3 is 0 Å². The van der Waals surface area contributed by atoms with Crippen LogP contribution in [-0.4, -0.2) is 17.6 Å². The average molecular weight is 313 g/mol. The van der Waals surface area contributed by atoms with Crippen LogP contribution in [0.4, 0.5) is 5.69 Å². The lowest BCUT2D eigenvalue weighted by atomic mass is 9.99. The molecule has 0 aromatic heterocycles. The van der Waals surface area contributed by atoms with Gasteiger partial charge in [-0.25, -0.2) is 0 Å². The fourth-order valence-corrected chi connectivity index (χ4v) is 2.25. The topological polar surface area (TPSA) is 58.6 Å². The molecule has 0 saturated carbocycles. The average Bonchev–Trinajstić information content (AvgIpc) is 2.60. The van der Waals surface area contributed by atoms with Gasteiger partial charge < -0.3 is 15.2 Å². The molecule has 122 valence electrons. The summed E-state index contributed by atoms with van der Waals surface area (Å²) in [5, 5.41) is 12.0. The second kappa shape index (κ2) is 8.34. The molecule has 1 unspecified atom stereocenters. The normalized spacial score (nSPS) is 11.8. The molecule has 23 heavy (non-hydrogen) atoms. The quantitative estimate of drug-likeness (QED) is 0.819. The maximum absolute atomic E-state index is 12.0. The summed E-state index contributed by atoms with van der Waals surface area (Å²) < 4.78 is 5.47. The lowest BCUT2D eigenvalue weighted by Crippen LogP contribution is -2.20. The van der Waals surface area contributed by atoms with E-state index in [-0.39, 0.29) is 19.1 Å². The van der Waals surface area contributed by atoms with Gasteiger partial charge in [-0.1, -0.05) is 44.2 Å². The predicted octanol–water partition coefficient (Wildman–Crippen LogP) is 3.71. The first-order valence-corrected chi connectivity index (χ1v) is 7.85. The van der Waals surface area contributed by atoms with Crippen LogP contribution in [0.3, 0.4) is 0 Å². The van der Waals surface area contributed by atoms with Gasteiger partial charge in [0.25, 0.3) is 5.91 Å². The highest BCUT2D eigenvalue weighted by Crippen LogP contribution is 2.21. The van der Waals surface area contributed by atoms with Gasteiger partial charge in [0.05, 0.1) is 6.61 Å². The minimum Gasteiger partial charge on any atom is -0.483 e. The molecule has 0 fully saturated rings. The van der Waals surface area contributed by atoms with Crippen molar-refractivity contribution < 1.29 is 14.6 Å². The molecule has 1 atom stereocenters. The summed E-state index contributed by atoms with van der Waals surface area (Å²) >= 11 is 0. The number of aliphatic hydroxyl groups excluding tert-OH is 1. The summed E-state index contributed by atoms with van der Waals surface area (Å²) in [4.78, 5) is 12.0. The van der Waals surface area contributed by atoms with Crippen molar-refractivity contribution in [3.05, 3.63) is 59.7 Å². The van der Waals surface area contributed by atoms with E-state index in [1.54, 1.807) is 18.2 Å². The number of carbonyl (C=O) groups is 1. The number of anilines is 1. The third kappa shape index (κ3) is 4.83. The molecule has 4 nitrogen and oxygen atoms in total. The number of rotatable bonds is 7. The number of nitrogens with one attached hydrogen (secondary N) is 1. The molecule has 2 aromatic rings. The van der Waals surface area contributed by atoms with Crippen molar-refractivity contribution in [1.29, 1.82) is 0 Å². The van der Waals surface area contributed by atoms with E-state index in [1.165, 1.54) is 5.56 Å². The Bertz CT molecular complexity index is 637. The van der Waals surface area contributed by atoms with Crippen molar-refractivity contribution in [3.63, 3.8) is 0 Å². The molecule has 0 spiro atoms. The third-order valence-corrected chi connectivity index (χ3v) is 3.88. The van der Waals surface area contributed by atoms with Crippen molar-refractivity contribution in [2.45, 2.75) is 32.8 Å². The second-order valence-corrected chi connectivity index (χ2v) is 5.53. The molecule has 0 saturated heterocycles. The smallest absolute Gasteiger partial charge is 0.262 e. The molecule has 2 N–H and O–H groups in total. The Morgan fingerprint density at radius 1 is 1.17 bits per heavy atom. The zero-order valence-electron chi connectivity index (χ0n) is 13.6.